The monoisotopic (exact) mass is 376 g/mol. The van der Waals surface area contributed by atoms with Crippen LogP contribution in [0, 0.1) is 58.2 Å². The van der Waals surface area contributed by atoms with E-state index in [0.717, 1.165) is 0 Å². The van der Waals surface area contributed by atoms with Gasteiger partial charge in [-0.3, -0.25) is 0 Å². The lowest BCUT2D eigenvalue weighted by atomic mass is 10.0. The van der Waals surface area contributed by atoms with Gasteiger partial charge in [-0.25, -0.2) is 43.9 Å². The van der Waals surface area contributed by atoms with Gasteiger partial charge in [-0.2, -0.15) is 0 Å². The fraction of sp³-hybridized carbons (Fsp3) is 0.143. The molecule has 1 nitrogen and oxygen atoms in total. The van der Waals surface area contributed by atoms with Crippen molar-refractivity contribution in [3.8, 4) is 0 Å². The molecule has 0 spiro atoms. The van der Waals surface area contributed by atoms with Crippen LogP contribution in [0.4, 0.5) is 43.9 Å². The largest absolute Gasteiger partial charge is 0.359 e. The third kappa shape index (κ3) is 2.36. The first-order chi connectivity index (χ1) is 11.6. The number of ether oxygens (including phenoxy) is 1. The maximum atomic E-state index is 13.6. The third-order valence-corrected chi connectivity index (χ3v) is 3.55. The summed E-state index contributed by atoms with van der Waals surface area (Å²) < 4.78 is 137. The molecule has 2 unspecified atom stereocenters. The molecule has 11 heteroatoms. The lowest BCUT2D eigenvalue weighted by Crippen LogP contribution is -2.09. The first kappa shape index (κ1) is 17.5. The average Bonchev–Trinajstić information content (AvgIpc) is 3.35. The molecule has 0 aromatic heterocycles. The van der Waals surface area contributed by atoms with Gasteiger partial charge >= 0.3 is 0 Å². The Balaban J connectivity index is 2.12. The maximum Gasteiger partial charge on any atom is 0.200 e. The van der Waals surface area contributed by atoms with E-state index in [1.807, 2.05) is 0 Å². The average molecular weight is 376 g/mol. The molecule has 25 heavy (non-hydrogen) atoms. The summed E-state index contributed by atoms with van der Waals surface area (Å²) in [6, 6.07) is 0. The summed E-state index contributed by atoms with van der Waals surface area (Å²) >= 11 is 0. The first-order valence-corrected chi connectivity index (χ1v) is 6.27. The first-order valence-electron chi connectivity index (χ1n) is 6.27. The molecule has 0 saturated carbocycles. The summed E-state index contributed by atoms with van der Waals surface area (Å²) in [5, 5.41) is 0. The molecule has 0 bridgehead atoms. The zero-order valence-corrected chi connectivity index (χ0v) is 11.3. The summed E-state index contributed by atoms with van der Waals surface area (Å²) in [5.74, 6) is -23.7. The smallest absolute Gasteiger partial charge is 0.200 e. The Labute approximate surface area is 131 Å². The Morgan fingerprint density at radius 3 is 0.800 bits per heavy atom. The number of rotatable bonds is 2. The molecular formula is C14H2F10O. The van der Waals surface area contributed by atoms with Gasteiger partial charge in [-0.1, -0.05) is 0 Å². The normalized spacial score (nSPS) is 19.4. The molecule has 1 aliphatic heterocycles. The van der Waals surface area contributed by atoms with Gasteiger partial charge in [0.05, 0.1) is 11.1 Å². The minimum Gasteiger partial charge on any atom is -0.359 e. The van der Waals surface area contributed by atoms with Crippen molar-refractivity contribution < 1.29 is 48.6 Å². The van der Waals surface area contributed by atoms with Gasteiger partial charge in [0.2, 0.25) is 11.6 Å². The fourth-order valence-corrected chi connectivity index (χ4v) is 2.29. The van der Waals surface area contributed by atoms with Gasteiger partial charge in [0.25, 0.3) is 0 Å². The van der Waals surface area contributed by atoms with Crippen molar-refractivity contribution >= 4 is 0 Å². The van der Waals surface area contributed by atoms with Gasteiger partial charge in [0, 0.05) is 0 Å². The minimum atomic E-state index is -2.48. The quantitative estimate of drug-likeness (QED) is 0.315. The highest BCUT2D eigenvalue weighted by molar-refractivity contribution is 5.36. The van der Waals surface area contributed by atoms with Crippen LogP contribution in [0.5, 0.6) is 0 Å². The van der Waals surface area contributed by atoms with Crippen LogP contribution in [0.2, 0.25) is 0 Å². The van der Waals surface area contributed by atoms with Crippen LogP contribution in [0.3, 0.4) is 0 Å². The van der Waals surface area contributed by atoms with Crippen LogP contribution >= 0.6 is 0 Å². The van der Waals surface area contributed by atoms with Gasteiger partial charge in [0.15, 0.2) is 46.5 Å². The molecule has 2 aromatic rings. The Bertz CT molecular complexity index is 778. The van der Waals surface area contributed by atoms with Crippen molar-refractivity contribution in [2.24, 2.45) is 0 Å². The second-order valence-electron chi connectivity index (χ2n) is 4.94. The molecule has 0 N–H and O–H groups in total. The summed E-state index contributed by atoms with van der Waals surface area (Å²) in [7, 11) is 0. The molecule has 3 rings (SSSR count). The Kier molecular flexibility index (Phi) is 3.93. The van der Waals surface area contributed by atoms with Crippen molar-refractivity contribution in [2.75, 3.05) is 0 Å². The van der Waals surface area contributed by atoms with Crippen LogP contribution in [0.25, 0.3) is 0 Å². The highest BCUT2D eigenvalue weighted by Gasteiger charge is 2.51. The van der Waals surface area contributed by atoms with E-state index in [4.69, 9.17) is 0 Å². The third-order valence-electron chi connectivity index (χ3n) is 3.55. The van der Waals surface area contributed by atoms with Crippen molar-refractivity contribution in [3.05, 3.63) is 69.3 Å². The summed E-state index contributed by atoms with van der Waals surface area (Å²) in [4.78, 5) is 0. The van der Waals surface area contributed by atoms with Crippen molar-refractivity contribution in [1.29, 1.82) is 0 Å². The summed E-state index contributed by atoms with van der Waals surface area (Å²) in [6.45, 7) is 0. The Morgan fingerprint density at radius 2 is 0.560 bits per heavy atom. The SMILES string of the molecule is Fc1c(F)c(F)c(C2OC2c2c(F)c(F)c(F)c(F)c2F)c(F)c1F. The van der Waals surface area contributed by atoms with E-state index >= 15 is 0 Å². The van der Waals surface area contributed by atoms with E-state index in [2.05, 4.69) is 4.74 Å². The molecule has 1 fully saturated rings. The van der Waals surface area contributed by atoms with Crippen molar-refractivity contribution in [1.82, 2.24) is 0 Å². The van der Waals surface area contributed by atoms with Crippen molar-refractivity contribution in [3.63, 3.8) is 0 Å². The lowest BCUT2D eigenvalue weighted by Gasteiger charge is -2.07. The molecule has 1 aliphatic rings. The van der Waals surface area contributed by atoms with E-state index in [1.54, 1.807) is 0 Å². The molecule has 2 aromatic carbocycles. The van der Waals surface area contributed by atoms with Crippen LogP contribution < -0.4 is 0 Å². The molecule has 2 atom stereocenters. The van der Waals surface area contributed by atoms with Crippen LogP contribution in [-0.2, 0) is 4.74 Å². The zero-order valence-electron chi connectivity index (χ0n) is 11.3. The molecule has 1 saturated heterocycles. The lowest BCUT2D eigenvalue weighted by molar-refractivity contribution is 0.328. The minimum absolute atomic E-state index is 1.58. The van der Waals surface area contributed by atoms with Crippen LogP contribution in [-0.4, -0.2) is 0 Å². The topological polar surface area (TPSA) is 12.5 Å². The van der Waals surface area contributed by atoms with Crippen LogP contribution in [0.15, 0.2) is 0 Å². The van der Waals surface area contributed by atoms with E-state index in [9.17, 15) is 43.9 Å². The maximum absolute atomic E-state index is 13.6. The molecule has 134 valence electrons. The van der Waals surface area contributed by atoms with Crippen molar-refractivity contribution in [2.45, 2.75) is 12.2 Å². The molecule has 1 heterocycles. The Hall–Kier alpha value is -2.30. The van der Waals surface area contributed by atoms with Gasteiger partial charge in [-0.15, -0.1) is 0 Å². The molecule has 0 amide bonds. The summed E-state index contributed by atoms with van der Waals surface area (Å²) in [6.07, 6.45) is -4.25. The van der Waals surface area contributed by atoms with Gasteiger partial charge in [-0.05, 0) is 0 Å². The van der Waals surface area contributed by atoms with E-state index in [0.29, 0.717) is 0 Å². The second-order valence-corrected chi connectivity index (χ2v) is 4.94. The standard InChI is InChI=1S/C14H2F10O/c15-3-1(4(16)8(20)11(23)7(3)19)13-14(25-13)2-5(17)9(21)12(24)10(22)6(2)18/h13-14H. The highest BCUT2D eigenvalue weighted by atomic mass is 19.2. The predicted octanol–water partition coefficient (Wildman–Crippen LogP) is 4.89. The number of epoxide rings is 1. The molecule has 0 aliphatic carbocycles. The zero-order chi connectivity index (χ0) is 18.8. The van der Waals surface area contributed by atoms with E-state index in [-0.39, 0.29) is 0 Å². The number of benzene rings is 2. The molecular weight excluding hydrogens is 374 g/mol. The van der Waals surface area contributed by atoms with Crippen LogP contribution in [0.1, 0.15) is 23.3 Å². The number of hydrogen-bond donors (Lipinski definition) is 0. The van der Waals surface area contributed by atoms with E-state index < -0.39 is 81.5 Å². The Morgan fingerprint density at radius 1 is 0.360 bits per heavy atom. The predicted molar refractivity (Wildman–Crippen MR) is 59.0 cm³/mol. The molecule has 0 radical (unpaired) electrons. The number of halogens is 10. The second kappa shape index (κ2) is 5.61. The van der Waals surface area contributed by atoms with E-state index in [1.165, 1.54) is 0 Å². The fourth-order valence-electron chi connectivity index (χ4n) is 2.29. The number of hydrogen-bond acceptors (Lipinski definition) is 1. The van der Waals surface area contributed by atoms with Gasteiger partial charge < -0.3 is 4.74 Å². The highest BCUT2D eigenvalue weighted by Crippen LogP contribution is 2.54. The summed E-state index contributed by atoms with van der Waals surface area (Å²) in [5.41, 5.74) is -3.16. The van der Waals surface area contributed by atoms with Gasteiger partial charge in [0.1, 0.15) is 12.2 Å².